The molecular formula is C16H13Cl2N3O3S. The summed E-state index contributed by atoms with van der Waals surface area (Å²) in [5.74, 6) is 0.0131. The Balaban J connectivity index is 2.18. The van der Waals surface area contributed by atoms with Crippen LogP contribution < -0.4 is 20.6 Å². The largest absolute Gasteiger partial charge is 0.493 e. The molecule has 0 amide bonds. The second kappa shape index (κ2) is 8.66. The zero-order valence-corrected chi connectivity index (χ0v) is 15.3. The summed E-state index contributed by atoms with van der Waals surface area (Å²) >= 11 is 16.4. The second-order valence-electron chi connectivity index (χ2n) is 4.66. The van der Waals surface area contributed by atoms with Crippen LogP contribution in [0.1, 0.15) is 15.9 Å². The van der Waals surface area contributed by atoms with Crippen LogP contribution in [0.3, 0.4) is 0 Å². The lowest BCUT2D eigenvalue weighted by atomic mass is 10.2. The maximum absolute atomic E-state index is 12.2. The van der Waals surface area contributed by atoms with E-state index < -0.39 is 5.97 Å². The molecule has 2 aromatic rings. The lowest BCUT2D eigenvalue weighted by Crippen LogP contribution is -2.23. The van der Waals surface area contributed by atoms with Gasteiger partial charge in [0.15, 0.2) is 16.6 Å². The fraction of sp³-hybridized carbons (Fsp3) is 0.0625. The molecule has 0 saturated carbocycles. The van der Waals surface area contributed by atoms with E-state index in [4.69, 9.17) is 38.4 Å². The average Bonchev–Trinajstić information content (AvgIpc) is 2.58. The number of rotatable bonds is 5. The first-order chi connectivity index (χ1) is 11.9. The molecule has 6 nitrogen and oxygen atoms in total. The minimum atomic E-state index is -0.589. The predicted molar refractivity (Wildman–Crippen MR) is 102 cm³/mol. The van der Waals surface area contributed by atoms with Crippen LogP contribution in [0, 0.1) is 0 Å². The van der Waals surface area contributed by atoms with Gasteiger partial charge in [-0.25, -0.2) is 4.79 Å². The van der Waals surface area contributed by atoms with Crippen molar-refractivity contribution >= 4 is 52.7 Å². The first kappa shape index (κ1) is 19.0. The number of nitrogens with one attached hydrogen (secondary N) is 1. The second-order valence-corrected chi connectivity index (χ2v) is 5.92. The highest BCUT2D eigenvalue weighted by atomic mass is 35.5. The van der Waals surface area contributed by atoms with Crippen molar-refractivity contribution < 1.29 is 14.3 Å². The molecule has 9 heteroatoms. The summed E-state index contributed by atoms with van der Waals surface area (Å²) in [7, 11) is 1.46. The Morgan fingerprint density at radius 2 is 1.96 bits per heavy atom. The Bertz CT molecular complexity index is 843. The molecule has 0 radical (unpaired) electrons. The van der Waals surface area contributed by atoms with Crippen LogP contribution >= 0.6 is 35.4 Å². The van der Waals surface area contributed by atoms with E-state index in [0.29, 0.717) is 16.3 Å². The molecule has 0 saturated heterocycles. The van der Waals surface area contributed by atoms with Gasteiger partial charge in [-0.2, -0.15) is 5.10 Å². The molecular weight excluding hydrogens is 385 g/mol. The van der Waals surface area contributed by atoms with Gasteiger partial charge in [0.2, 0.25) is 0 Å². The summed E-state index contributed by atoms with van der Waals surface area (Å²) in [5.41, 5.74) is 8.67. The van der Waals surface area contributed by atoms with E-state index in [0.717, 1.165) is 0 Å². The summed E-state index contributed by atoms with van der Waals surface area (Å²) in [4.78, 5) is 12.2. The maximum atomic E-state index is 12.2. The van der Waals surface area contributed by atoms with E-state index in [9.17, 15) is 4.79 Å². The number of hydrazone groups is 1. The zero-order valence-electron chi connectivity index (χ0n) is 13.0. The Kier molecular flexibility index (Phi) is 6.58. The summed E-state index contributed by atoms with van der Waals surface area (Å²) in [6, 6.07) is 9.38. The third kappa shape index (κ3) is 5.32. The number of esters is 1. The number of nitrogens with zero attached hydrogens (tertiary/aromatic N) is 1. The quantitative estimate of drug-likeness (QED) is 0.264. The van der Waals surface area contributed by atoms with Crippen molar-refractivity contribution in [2.24, 2.45) is 10.8 Å². The summed E-state index contributed by atoms with van der Waals surface area (Å²) < 4.78 is 10.6. The van der Waals surface area contributed by atoms with Crippen molar-refractivity contribution in [3.63, 3.8) is 0 Å². The molecule has 0 heterocycles. The lowest BCUT2D eigenvalue weighted by Gasteiger charge is -2.10. The van der Waals surface area contributed by atoms with Crippen LogP contribution in [0.4, 0.5) is 0 Å². The van der Waals surface area contributed by atoms with Gasteiger partial charge in [-0.15, -0.1) is 0 Å². The van der Waals surface area contributed by atoms with Crippen LogP contribution in [0.25, 0.3) is 0 Å². The SMILES string of the molecule is COc1cc(C=NNC(N)=S)ccc1OC(=O)c1ccc(Cl)c(Cl)c1. The number of ether oxygens (including phenoxy) is 2. The van der Waals surface area contributed by atoms with Crippen molar-refractivity contribution in [3.8, 4) is 11.5 Å². The number of benzene rings is 2. The first-order valence-corrected chi connectivity index (χ1v) is 8.01. The van der Waals surface area contributed by atoms with Gasteiger partial charge in [0.25, 0.3) is 0 Å². The van der Waals surface area contributed by atoms with Gasteiger partial charge in [0.05, 0.1) is 28.9 Å². The monoisotopic (exact) mass is 397 g/mol. The Hall–Kier alpha value is -2.35. The number of methoxy groups -OCH3 is 1. The summed E-state index contributed by atoms with van der Waals surface area (Å²) in [6.07, 6.45) is 1.49. The molecule has 130 valence electrons. The van der Waals surface area contributed by atoms with E-state index in [-0.39, 0.29) is 21.4 Å². The van der Waals surface area contributed by atoms with Crippen molar-refractivity contribution in [3.05, 3.63) is 57.6 Å². The molecule has 0 unspecified atom stereocenters. The van der Waals surface area contributed by atoms with Crippen LogP contribution in [0.2, 0.25) is 10.0 Å². The fourth-order valence-electron chi connectivity index (χ4n) is 1.80. The third-order valence-corrected chi connectivity index (χ3v) is 3.76. The Labute approximate surface area is 159 Å². The lowest BCUT2D eigenvalue weighted by molar-refractivity contribution is 0.0729. The van der Waals surface area contributed by atoms with Crippen LogP contribution in [0.5, 0.6) is 11.5 Å². The minimum Gasteiger partial charge on any atom is -0.493 e. The number of carbonyl (C=O) groups excluding carboxylic acids is 1. The summed E-state index contributed by atoms with van der Waals surface area (Å²) in [5, 5.41) is 4.51. The Morgan fingerprint density at radius 1 is 1.20 bits per heavy atom. The topological polar surface area (TPSA) is 85.9 Å². The molecule has 0 aliphatic heterocycles. The van der Waals surface area contributed by atoms with Crippen molar-refractivity contribution in [2.45, 2.75) is 0 Å². The van der Waals surface area contributed by atoms with Crippen molar-refractivity contribution in [1.82, 2.24) is 5.43 Å². The van der Waals surface area contributed by atoms with Crippen LogP contribution in [-0.4, -0.2) is 24.4 Å². The van der Waals surface area contributed by atoms with Gasteiger partial charge < -0.3 is 15.2 Å². The molecule has 25 heavy (non-hydrogen) atoms. The number of nitrogens with two attached hydrogens (primary N) is 1. The van der Waals surface area contributed by atoms with Gasteiger partial charge in [-0.05, 0) is 54.2 Å². The van der Waals surface area contributed by atoms with E-state index in [2.05, 4.69) is 22.7 Å². The van der Waals surface area contributed by atoms with Gasteiger partial charge in [-0.1, -0.05) is 23.2 Å². The summed E-state index contributed by atoms with van der Waals surface area (Å²) in [6.45, 7) is 0. The molecule has 0 fully saturated rings. The first-order valence-electron chi connectivity index (χ1n) is 6.84. The average molecular weight is 398 g/mol. The molecule has 0 aliphatic carbocycles. The molecule has 0 aromatic heterocycles. The highest BCUT2D eigenvalue weighted by Crippen LogP contribution is 2.29. The maximum Gasteiger partial charge on any atom is 0.343 e. The molecule has 0 aliphatic rings. The van der Waals surface area contributed by atoms with Crippen molar-refractivity contribution in [1.29, 1.82) is 0 Å². The molecule has 0 spiro atoms. The van der Waals surface area contributed by atoms with E-state index in [1.54, 1.807) is 18.2 Å². The fourth-order valence-corrected chi connectivity index (χ4v) is 2.15. The molecule has 2 rings (SSSR count). The molecule has 2 aromatic carbocycles. The van der Waals surface area contributed by atoms with Crippen molar-refractivity contribution in [2.75, 3.05) is 7.11 Å². The van der Waals surface area contributed by atoms with E-state index in [1.807, 2.05) is 0 Å². The minimum absolute atomic E-state index is 0.0513. The third-order valence-electron chi connectivity index (χ3n) is 2.93. The molecule has 0 bridgehead atoms. The van der Waals surface area contributed by atoms with Gasteiger partial charge in [-0.3, -0.25) is 5.43 Å². The van der Waals surface area contributed by atoms with Crippen LogP contribution in [-0.2, 0) is 0 Å². The van der Waals surface area contributed by atoms with Gasteiger partial charge in [0, 0.05) is 0 Å². The number of carbonyl (C=O) groups is 1. The smallest absolute Gasteiger partial charge is 0.343 e. The van der Waals surface area contributed by atoms with E-state index >= 15 is 0 Å². The molecule has 0 atom stereocenters. The standard InChI is InChI=1S/C16H13Cl2N3O3S/c1-23-14-6-9(8-20-21-16(19)25)2-5-13(14)24-15(22)10-3-4-11(17)12(18)7-10/h2-8H,1H3,(H3,19,21,25). The van der Waals surface area contributed by atoms with E-state index in [1.165, 1.54) is 31.5 Å². The number of hydrogen-bond donors (Lipinski definition) is 2. The number of halogens is 2. The number of thiocarbonyl (C=S) groups is 1. The normalized spacial score (nSPS) is 10.5. The Morgan fingerprint density at radius 3 is 2.60 bits per heavy atom. The highest BCUT2D eigenvalue weighted by molar-refractivity contribution is 7.80. The number of hydrogen-bond acceptors (Lipinski definition) is 5. The predicted octanol–water partition coefficient (Wildman–Crippen LogP) is 3.39. The molecule has 3 N–H and O–H groups in total. The van der Waals surface area contributed by atoms with Gasteiger partial charge >= 0.3 is 5.97 Å². The highest BCUT2D eigenvalue weighted by Gasteiger charge is 2.14. The van der Waals surface area contributed by atoms with Crippen LogP contribution in [0.15, 0.2) is 41.5 Å². The zero-order chi connectivity index (χ0) is 18.4. The van der Waals surface area contributed by atoms with Gasteiger partial charge in [0.1, 0.15) is 0 Å².